The molecule has 3 heteroatoms. The molecule has 0 aliphatic rings. The van der Waals surface area contributed by atoms with Gasteiger partial charge in [0, 0.05) is 13.3 Å². The number of carbonyl (C=O) groups is 1. The summed E-state index contributed by atoms with van der Waals surface area (Å²) in [6, 6.07) is 0. The minimum absolute atomic E-state index is 0.183. The molecule has 0 aromatic carbocycles. The minimum atomic E-state index is -0.408. The first-order chi connectivity index (χ1) is 4.52. The summed E-state index contributed by atoms with van der Waals surface area (Å²) < 4.78 is 4.76. The van der Waals surface area contributed by atoms with Gasteiger partial charge in [-0.1, -0.05) is 0 Å². The predicted octanol–water partition coefficient (Wildman–Crippen LogP) is 0.709. The van der Waals surface area contributed by atoms with Crippen molar-refractivity contribution in [2.75, 3.05) is 0 Å². The molecular weight excluding hydrogens is 132 g/mol. The highest BCUT2D eigenvalue weighted by molar-refractivity contribution is 5.66. The van der Waals surface area contributed by atoms with Crippen molar-refractivity contribution in [3.8, 4) is 0 Å². The molecule has 0 rings (SSSR count). The van der Waals surface area contributed by atoms with E-state index in [1.54, 1.807) is 13.8 Å². The largest absolute Gasteiger partial charge is 0.463 e. The van der Waals surface area contributed by atoms with Gasteiger partial charge in [0.25, 0.3) is 0 Å². The molecule has 0 radical (unpaired) electrons. The van der Waals surface area contributed by atoms with Crippen molar-refractivity contribution in [1.82, 2.24) is 0 Å². The van der Waals surface area contributed by atoms with E-state index in [4.69, 9.17) is 9.84 Å². The quantitative estimate of drug-likeness (QED) is 0.596. The van der Waals surface area contributed by atoms with Crippen molar-refractivity contribution in [3.05, 3.63) is 0 Å². The lowest BCUT2D eigenvalue weighted by molar-refractivity contribution is -0.146. The van der Waals surface area contributed by atoms with Gasteiger partial charge in [0.1, 0.15) is 6.10 Å². The number of ether oxygens (including phenoxy) is 1. The summed E-state index contributed by atoms with van der Waals surface area (Å²) in [6.07, 6.45) is -0.0913. The third kappa shape index (κ3) is 5.56. The number of aliphatic hydroxyl groups excluding tert-OH is 1. The van der Waals surface area contributed by atoms with Gasteiger partial charge in [-0.2, -0.15) is 0 Å². The Kier molecular flexibility index (Phi) is 4.03. The SMILES string of the molecule is CC(=O)O[C@@H](C)C[C@H](C)O. The average molecular weight is 146 g/mol. The van der Waals surface area contributed by atoms with Crippen LogP contribution in [-0.2, 0) is 9.53 Å². The van der Waals surface area contributed by atoms with Crippen molar-refractivity contribution in [2.24, 2.45) is 0 Å². The second kappa shape index (κ2) is 4.28. The molecule has 2 atom stereocenters. The molecule has 3 nitrogen and oxygen atoms in total. The van der Waals surface area contributed by atoms with Crippen LogP contribution in [0, 0.1) is 0 Å². The smallest absolute Gasteiger partial charge is 0.302 e. The van der Waals surface area contributed by atoms with Gasteiger partial charge in [-0.15, -0.1) is 0 Å². The number of rotatable bonds is 3. The molecule has 0 aliphatic carbocycles. The van der Waals surface area contributed by atoms with Gasteiger partial charge in [0.05, 0.1) is 6.10 Å². The molecule has 1 N–H and O–H groups in total. The number of aliphatic hydroxyl groups is 1. The Balaban J connectivity index is 3.43. The first-order valence-electron chi connectivity index (χ1n) is 3.37. The van der Waals surface area contributed by atoms with Gasteiger partial charge >= 0.3 is 5.97 Å². The Bertz CT molecular complexity index is 109. The van der Waals surface area contributed by atoms with Crippen molar-refractivity contribution in [2.45, 2.75) is 39.4 Å². The standard InChI is InChI=1S/C7H14O3/c1-5(8)4-6(2)10-7(3)9/h5-6,8H,4H2,1-3H3/t5-,6-/m0/s1. The fourth-order valence-corrected chi connectivity index (χ4v) is 0.812. The Hall–Kier alpha value is -0.570. The average Bonchev–Trinajstić information content (AvgIpc) is 1.58. The maximum atomic E-state index is 10.3. The van der Waals surface area contributed by atoms with Crippen molar-refractivity contribution in [1.29, 1.82) is 0 Å². The van der Waals surface area contributed by atoms with Crippen molar-refractivity contribution < 1.29 is 14.6 Å². The molecule has 0 unspecified atom stereocenters. The van der Waals surface area contributed by atoms with Crippen LogP contribution >= 0.6 is 0 Å². The number of hydrogen-bond acceptors (Lipinski definition) is 3. The van der Waals surface area contributed by atoms with E-state index in [-0.39, 0.29) is 12.1 Å². The van der Waals surface area contributed by atoms with Gasteiger partial charge in [-0.25, -0.2) is 0 Å². The highest BCUT2D eigenvalue weighted by Crippen LogP contribution is 2.01. The first-order valence-corrected chi connectivity index (χ1v) is 3.37. The summed E-state index contributed by atoms with van der Waals surface area (Å²) in [6.45, 7) is 4.78. The van der Waals surface area contributed by atoms with Crippen LogP contribution in [0.15, 0.2) is 0 Å². The molecule has 60 valence electrons. The molecule has 0 aliphatic heterocycles. The Morgan fingerprint density at radius 2 is 2.10 bits per heavy atom. The van der Waals surface area contributed by atoms with E-state index in [1.165, 1.54) is 6.92 Å². The predicted molar refractivity (Wildman–Crippen MR) is 37.5 cm³/mol. The number of esters is 1. The summed E-state index contributed by atoms with van der Waals surface area (Å²) >= 11 is 0. The van der Waals surface area contributed by atoms with Gasteiger partial charge in [-0.05, 0) is 13.8 Å². The number of hydrogen-bond donors (Lipinski definition) is 1. The van der Waals surface area contributed by atoms with Crippen LogP contribution in [0.2, 0.25) is 0 Å². The minimum Gasteiger partial charge on any atom is -0.463 e. The van der Waals surface area contributed by atoms with E-state index in [0.717, 1.165) is 0 Å². The molecule has 0 amide bonds. The highest BCUT2D eigenvalue weighted by atomic mass is 16.5. The number of carbonyl (C=O) groups excluding carboxylic acids is 1. The molecule has 0 heterocycles. The summed E-state index contributed by atoms with van der Waals surface area (Å²) in [7, 11) is 0. The van der Waals surface area contributed by atoms with Crippen LogP contribution in [0.3, 0.4) is 0 Å². The summed E-state index contributed by atoms with van der Waals surface area (Å²) in [5, 5.41) is 8.84. The molecule has 0 aromatic rings. The maximum absolute atomic E-state index is 10.3. The Morgan fingerprint density at radius 1 is 1.60 bits per heavy atom. The summed E-state index contributed by atoms with van der Waals surface area (Å²) in [5.41, 5.74) is 0. The van der Waals surface area contributed by atoms with Gasteiger partial charge in [0.15, 0.2) is 0 Å². The second-order valence-corrected chi connectivity index (χ2v) is 2.50. The highest BCUT2D eigenvalue weighted by Gasteiger charge is 2.07. The topological polar surface area (TPSA) is 46.5 Å². The maximum Gasteiger partial charge on any atom is 0.302 e. The molecule has 10 heavy (non-hydrogen) atoms. The van der Waals surface area contributed by atoms with Crippen LogP contribution in [0.1, 0.15) is 27.2 Å². The van der Waals surface area contributed by atoms with E-state index in [9.17, 15) is 4.79 Å². The van der Waals surface area contributed by atoms with E-state index in [2.05, 4.69) is 0 Å². The van der Waals surface area contributed by atoms with Crippen LogP contribution in [0.25, 0.3) is 0 Å². The molecule has 0 aromatic heterocycles. The van der Waals surface area contributed by atoms with Gasteiger partial charge in [0.2, 0.25) is 0 Å². The van der Waals surface area contributed by atoms with Crippen molar-refractivity contribution in [3.63, 3.8) is 0 Å². The normalized spacial score (nSPS) is 16.0. The monoisotopic (exact) mass is 146 g/mol. The van der Waals surface area contributed by atoms with Gasteiger partial charge < -0.3 is 9.84 Å². The summed E-state index contributed by atoms with van der Waals surface area (Å²) in [5.74, 6) is -0.298. The van der Waals surface area contributed by atoms with Crippen molar-refractivity contribution >= 4 is 5.97 Å². The Labute approximate surface area is 61.0 Å². The third-order valence-electron chi connectivity index (χ3n) is 1.04. The van der Waals surface area contributed by atoms with E-state index in [1.807, 2.05) is 0 Å². The first kappa shape index (κ1) is 9.43. The molecule has 0 bridgehead atoms. The molecule has 0 saturated heterocycles. The van der Waals surface area contributed by atoms with E-state index >= 15 is 0 Å². The lowest BCUT2D eigenvalue weighted by Gasteiger charge is -2.12. The third-order valence-corrected chi connectivity index (χ3v) is 1.04. The Morgan fingerprint density at radius 3 is 2.40 bits per heavy atom. The fraction of sp³-hybridized carbons (Fsp3) is 0.857. The lowest BCUT2D eigenvalue weighted by Crippen LogP contribution is -2.17. The van der Waals surface area contributed by atoms with Crippen LogP contribution in [-0.4, -0.2) is 23.3 Å². The van der Waals surface area contributed by atoms with Crippen LogP contribution in [0.4, 0.5) is 0 Å². The molecular formula is C7H14O3. The molecule has 0 fully saturated rings. The van der Waals surface area contributed by atoms with E-state index in [0.29, 0.717) is 6.42 Å². The molecule has 0 saturated carbocycles. The lowest BCUT2D eigenvalue weighted by atomic mass is 10.2. The van der Waals surface area contributed by atoms with Crippen LogP contribution < -0.4 is 0 Å². The second-order valence-electron chi connectivity index (χ2n) is 2.50. The molecule has 0 spiro atoms. The van der Waals surface area contributed by atoms with Gasteiger partial charge in [-0.3, -0.25) is 4.79 Å². The summed E-state index contributed by atoms with van der Waals surface area (Å²) in [4.78, 5) is 10.3. The fourth-order valence-electron chi connectivity index (χ4n) is 0.812. The van der Waals surface area contributed by atoms with Crippen LogP contribution in [0.5, 0.6) is 0 Å². The zero-order chi connectivity index (χ0) is 8.15. The van der Waals surface area contributed by atoms with E-state index < -0.39 is 6.10 Å². The zero-order valence-electron chi connectivity index (χ0n) is 6.63. The zero-order valence-corrected chi connectivity index (χ0v) is 6.63.